The second-order valence-corrected chi connectivity index (χ2v) is 8.11. The van der Waals surface area contributed by atoms with Crippen LogP contribution in [0.4, 0.5) is 10.7 Å². The SMILES string of the molecule is O=C1NC(=O)/C(=C/c2ccnc(N3CCCC(CN4CCCC4)C3)n2)S1. The number of nitrogens with zero attached hydrogens (tertiary/aromatic N) is 4. The number of anilines is 1. The van der Waals surface area contributed by atoms with Crippen LogP contribution in [0, 0.1) is 5.92 Å². The van der Waals surface area contributed by atoms with E-state index in [1.165, 1.54) is 38.9 Å². The molecular formula is C18H23N5O2S. The Labute approximate surface area is 157 Å². The van der Waals surface area contributed by atoms with Crippen molar-refractivity contribution in [1.82, 2.24) is 20.2 Å². The number of carbonyl (C=O) groups is 2. The van der Waals surface area contributed by atoms with Crippen molar-refractivity contribution in [1.29, 1.82) is 0 Å². The summed E-state index contributed by atoms with van der Waals surface area (Å²) in [5.74, 6) is 1.00. The van der Waals surface area contributed by atoms with Crippen molar-refractivity contribution < 1.29 is 9.59 Å². The van der Waals surface area contributed by atoms with Crippen LogP contribution in [-0.4, -0.2) is 58.7 Å². The van der Waals surface area contributed by atoms with Crippen LogP contribution >= 0.6 is 11.8 Å². The van der Waals surface area contributed by atoms with E-state index in [9.17, 15) is 9.59 Å². The molecular weight excluding hydrogens is 350 g/mol. The molecule has 1 aromatic rings. The Morgan fingerprint density at radius 2 is 2.08 bits per heavy atom. The van der Waals surface area contributed by atoms with Crippen LogP contribution in [0.15, 0.2) is 17.2 Å². The second-order valence-electron chi connectivity index (χ2n) is 7.10. The number of hydrogen-bond donors (Lipinski definition) is 1. The molecule has 0 radical (unpaired) electrons. The minimum Gasteiger partial charge on any atom is -0.340 e. The molecule has 0 aromatic carbocycles. The van der Waals surface area contributed by atoms with Gasteiger partial charge in [0.25, 0.3) is 11.1 Å². The van der Waals surface area contributed by atoms with E-state index in [0.29, 0.717) is 22.5 Å². The summed E-state index contributed by atoms with van der Waals surface area (Å²) in [4.78, 5) is 37.2. The van der Waals surface area contributed by atoms with Crippen LogP contribution in [-0.2, 0) is 4.79 Å². The molecule has 138 valence electrons. The van der Waals surface area contributed by atoms with Gasteiger partial charge < -0.3 is 9.80 Å². The molecule has 1 aromatic heterocycles. The van der Waals surface area contributed by atoms with Crippen molar-refractivity contribution in [3.8, 4) is 0 Å². The summed E-state index contributed by atoms with van der Waals surface area (Å²) in [5.41, 5.74) is 0.656. The highest BCUT2D eigenvalue weighted by molar-refractivity contribution is 8.18. The standard InChI is InChI=1S/C18H23N5O2S/c24-16-15(26-18(25)21-16)10-14-5-6-19-17(20-14)23-9-3-4-13(12-23)11-22-7-1-2-8-22/h5-6,10,13H,1-4,7-9,11-12H2,(H,21,24,25)/b15-10-. The highest BCUT2D eigenvalue weighted by Crippen LogP contribution is 2.26. The smallest absolute Gasteiger partial charge is 0.290 e. The van der Waals surface area contributed by atoms with Gasteiger partial charge in [0.15, 0.2) is 0 Å². The van der Waals surface area contributed by atoms with Gasteiger partial charge in [0.1, 0.15) is 0 Å². The lowest BCUT2D eigenvalue weighted by Crippen LogP contribution is -2.41. The lowest BCUT2D eigenvalue weighted by molar-refractivity contribution is -0.115. The Hall–Kier alpha value is -1.93. The van der Waals surface area contributed by atoms with Crippen LogP contribution in [0.3, 0.4) is 0 Å². The van der Waals surface area contributed by atoms with Crippen molar-refractivity contribution in [2.75, 3.05) is 37.6 Å². The molecule has 0 bridgehead atoms. The number of rotatable bonds is 4. The maximum Gasteiger partial charge on any atom is 0.290 e. The molecule has 0 aliphatic carbocycles. The van der Waals surface area contributed by atoms with Crippen molar-refractivity contribution in [2.24, 2.45) is 5.92 Å². The zero-order valence-corrected chi connectivity index (χ0v) is 15.5. The van der Waals surface area contributed by atoms with Crippen LogP contribution < -0.4 is 10.2 Å². The first-order chi connectivity index (χ1) is 12.7. The molecule has 1 unspecified atom stereocenters. The fraction of sp³-hybridized carbons (Fsp3) is 0.556. The van der Waals surface area contributed by atoms with E-state index >= 15 is 0 Å². The predicted octanol–water partition coefficient (Wildman–Crippen LogP) is 2.11. The van der Waals surface area contributed by atoms with Crippen molar-refractivity contribution >= 4 is 34.9 Å². The summed E-state index contributed by atoms with van der Waals surface area (Å²) >= 11 is 0.910. The number of aromatic nitrogens is 2. The first kappa shape index (κ1) is 17.5. The molecule has 3 aliphatic heterocycles. The van der Waals surface area contributed by atoms with Gasteiger partial charge in [-0.2, -0.15) is 0 Å². The van der Waals surface area contributed by atoms with Crippen molar-refractivity contribution in [3.05, 3.63) is 22.9 Å². The Bertz CT molecular complexity index is 732. The van der Waals surface area contributed by atoms with Gasteiger partial charge >= 0.3 is 0 Å². The average molecular weight is 373 g/mol. The van der Waals surface area contributed by atoms with E-state index in [-0.39, 0.29) is 11.1 Å². The van der Waals surface area contributed by atoms with E-state index < -0.39 is 0 Å². The Morgan fingerprint density at radius 1 is 1.23 bits per heavy atom. The van der Waals surface area contributed by atoms with E-state index in [1.807, 2.05) is 0 Å². The molecule has 4 rings (SSSR count). The van der Waals surface area contributed by atoms with Gasteiger partial charge in [0.2, 0.25) is 5.95 Å². The third-order valence-corrected chi connectivity index (χ3v) is 5.91. The van der Waals surface area contributed by atoms with Gasteiger partial charge in [-0.25, -0.2) is 9.97 Å². The fourth-order valence-corrected chi connectivity index (χ4v) is 4.54. The Balaban J connectivity index is 1.44. The van der Waals surface area contributed by atoms with Crippen LogP contribution in [0.1, 0.15) is 31.4 Å². The molecule has 8 heteroatoms. The molecule has 1 N–H and O–H groups in total. The molecule has 2 amide bonds. The monoisotopic (exact) mass is 373 g/mol. The quantitative estimate of drug-likeness (QED) is 0.810. The number of hydrogen-bond acceptors (Lipinski definition) is 7. The molecule has 3 saturated heterocycles. The van der Waals surface area contributed by atoms with E-state index in [0.717, 1.165) is 31.3 Å². The topological polar surface area (TPSA) is 78.4 Å². The normalized spacial score (nSPS) is 25.9. The van der Waals surface area contributed by atoms with Gasteiger partial charge in [0.05, 0.1) is 10.6 Å². The second kappa shape index (κ2) is 7.75. The van der Waals surface area contributed by atoms with Gasteiger partial charge in [-0.3, -0.25) is 14.9 Å². The number of amides is 2. The predicted molar refractivity (Wildman–Crippen MR) is 102 cm³/mol. The zero-order valence-electron chi connectivity index (χ0n) is 14.7. The van der Waals surface area contributed by atoms with E-state index in [1.54, 1.807) is 18.3 Å². The fourth-order valence-electron chi connectivity index (χ4n) is 3.88. The summed E-state index contributed by atoms with van der Waals surface area (Å²) in [6.07, 6.45) is 8.43. The number of nitrogens with one attached hydrogen (secondary N) is 1. The van der Waals surface area contributed by atoms with Crippen LogP contribution in [0.5, 0.6) is 0 Å². The average Bonchev–Trinajstić information content (AvgIpc) is 3.25. The number of piperidine rings is 1. The largest absolute Gasteiger partial charge is 0.340 e. The summed E-state index contributed by atoms with van der Waals surface area (Å²) in [5, 5.41) is 1.93. The van der Waals surface area contributed by atoms with Crippen molar-refractivity contribution in [2.45, 2.75) is 25.7 Å². The highest BCUT2D eigenvalue weighted by Gasteiger charge is 2.26. The molecule has 0 spiro atoms. The summed E-state index contributed by atoms with van der Waals surface area (Å²) in [6, 6.07) is 1.76. The lowest BCUT2D eigenvalue weighted by Gasteiger charge is -2.34. The summed E-state index contributed by atoms with van der Waals surface area (Å²) in [7, 11) is 0. The van der Waals surface area contributed by atoms with Gasteiger partial charge in [-0.1, -0.05) is 0 Å². The number of thioether (sulfide) groups is 1. The molecule has 7 nitrogen and oxygen atoms in total. The zero-order chi connectivity index (χ0) is 17.9. The first-order valence-corrected chi connectivity index (χ1v) is 10.0. The lowest BCUT2D eigenvalue weighted by atomic mass is 9.98. The molecule has 3 fully saturated rings. The van der Waals surface area contributed by atoms with Gasteiger partial charge in [-0.05, 0) is 68.6 Å². The van der Waals surface area contributed by atoms with E-state index in [2.05, 4.69) is 25.1 Å². The van der Waals surface area contributed by atoms with Crippen molar-refractivity contribution in [3.63, 3.8) is 0 Å². The van der Waals surface area contributed by atoms with Gasteiger partial charge in [-0.15, -0.1) is 0 Å². The minimum atomic E-state index is -0.358. The van der Waals surface area contributed by atoms with Gasteiger partial charge in [0, 0.05) is 25.8 Å². The minimum absolute atomic E-state index is 0.337. The third-order valence-electron chi connectivity index (χ3n) is 5.10. The number of carbonyl (C=O) groups excluding carboxylic acids is 2. The highest BCUT2D eigenvalue weighted by atomic mass is 32.2. The van der Waals surface area contributed by atoms with E-state index in [4.69, 9.17) is 0 Å². The molecule has 26 heavy (non-hydrogen) atoms. The molecule has 0 saturated carbocycles. The maximum atomic E-state index is 11.7. The van der Waals surface area contributed by atoms with Crippen LogP contribution in [0.2, 0.25) is 0 Å². The maximum absolute atomic E-state index is 11.7. The third kappa shape index (κ3) is 4.07. The number of likely N-dealkylation sites (tertiary alicyclic amines) is 1. The number of imide groups is 1. The first-order valence-electron chi connectivity index (χ1n) is 9.22. The van der Waals surface area contributed by atoms with Crippen LogP contribution in [0.25, 0.3) is 6.08 Å². The molecule has 4 heterocycles. The Kier molecular flexibility index (Phi) is 5.21. The summed E-state index contributed by atoms with van der Waals surface area (Å²) in [6.45, 7) is 5.57. The Morgan fingerprint density at radius 3 is 2.85 bits per heavy atom. The molecule has 1 atom stereocenters. The summed E-state index contributed by atoms with van der Waals surface area (Å²) < 4.78 is 0. The molecule has 3 aliphatic rings.